The molecule has 3 fully saturated rings. The number of epoxide rings is 2. The second-order valence-corrected chi connectivity index (χ2v) is 6.03. The number of imide groups is 1. The molecule has 112 valence electrons. The lowest BCUT2D eigenvalue weighted by Gasteiger charge is -2.26. The molecule has 3 heterocycles. The van der Waals surface area contributed by atoms with E-state index in [1.54, 1.807) is 18.7 Å². The second-order valence-electron chi connectivity index (χ2n) is 6.03. The molecule has 0 saturated carbocycles. The SMILES string of the molecule is CC1(C)C(=O)N(C(CCO)C2CO2)C(=O)N1CC1CO1. The third kappa shape index (κ3) is 2.19. The molecule has 0 aliphatic carbocycles. The molecule has 0 bridgehead atoms. The maximum absolute atomic E-state index is 12.6. The Morgan fingerprint density at radius 1 is 1.35 bits per heavy atom. The maximum atomic E-state index is 12.6. The van der Waals surface area contributed by atoms with Crippen molar-refractivity contribution in [2.24, 2.45) is 0 Å². The van der Waals surface area contributed by atoms with Crippen molar-refractivity contribution in [2.75, 3.05) is 26.4 Å². The van der Waals surface area contributed by atoms with Gasteiger partial charge >= 0.3 is 6.03 Å². The quantitative estimate of drug-likeness (QED) is 0.529. The van der Waals surface area contributed by atoms with Gasteiger partial charge in [0.1, 0.15) is 11.6 Å². The minimum atomic E-state index is -0.869. The van der Waals surface area contributed by atoms with Crippen molar-refractivity contribution in [3.8, 4) is 0 Å². The fourth-order valence-electron chi connectivity index (χ4n) is 2.73. The zero-order valence-electron chi connectivity index (χ0n) is 11.7. The lowest BCUT2D eigenvalue weighted by molar-refractivity contribution is -0.133. The van der Waals surface area contributed by atoms with Gasteiger partial charge in [-0.2, -0.15) is 0 Å². The van der Waals surface area contributed by atoms with Crippen LogP contribution in [0.5, 0.6) is 0 Å². The van der Waals surface area contributed by atoms with Gasteiger partial charge in [0, 0.05) is 6.61 Å². The first-order valence-corrected chi connectivity index (χ1v) is 6.96. The maximum Gasteiger partial charge on any atom is 0.328 e. The highest BCUT2D eigenvalue weighted by atomic mass is 16.6. The van der Waals surface area contributed by atoms with E-state index in [4.69, 9.17) is 14.6 Å². The normalized spacial score (nSPS) is 32.8. The predicted octanol–water partition coefficient (Wildman–Crippen LogP) is -0.422. The summed E-state index contributed by atoms with van der Waals surface area (Å²) < 4.78 is 10.4. The monoisotopic (exact) mass is 284 g/mol. The topological polar surface area (TPSA) is 85.9 Å². The third-order valence-electron chi connectivity index (χ3n) is 4.19. The van der Waals surface area contributed by atoms with Gasteiger partial charge in [-0.05, 0) is 20.3 Å². The number of aliphatic hydroxyl groups is 1. The summed E-state index contributed by atoms with van der Waals surface area (Å²) in [7, 11) is 0. The van der Waals surface area contributed by atoms with E-state index in [0.29, 0.717) is 26.2 Å². The lowest BCUT2D eigenvalue weighted by Crippen LogP contribution is -2.46. The number of ether oxygens (including phenoxy) is 2. The Labute approximate surface area is 117 Å². The summed E-state index contributed by atoms with van der Waals surface area (Å²) in [6.45, 7) is 5.03. The third-order valence-corrected chi connectivity index (χ3v) is 4.19. The Kier molecular flexibility index (Phi) is 3.23. The van der Waals surface area contributed by atoms with Crippen LogP contribution in [0, 0.1) is 0 Å². The molecule has 3 aliphatic rings. The number of carbonyl (C=O) groups is 2. The van der Waals surface area contributed by atoms with E-state index >= 15 is 0 Å². The first-order valence-electron chi connectivity index (χ1n) is 6.96. The Morgan fingerprint density at radius 3 is 2.50 bits per heavy atom. The molecule has 3 unspecified atom stereocenters. The van der Waals surface area contributed by atoms with Crippen molar-refractivity contribution in [3.63, 3.8) is 0 Å². The minimum absolute atomic E-state index is 0.0411. The number of hydrogen-bond donors (Lipinski definition) is 1. The van der Waals surface area contributed by atoms with Crippen LogP contribution in [0.1, 0.15) is 20.3 Å². The number of urea groups is 1. The number of nitrogens with zero attached hydrogens (tertiary/aromatic N) is 2. The van der Waals surface area contributed by atoms with Crippen LogP contribution in [0.2, 0.25) is 0 Å². The molecule has 3 atom stereocenters. The van der Waals surface area contributed by atoms with Crippen LogP contribution in [0.3, 0.4) is 0 Å². The first-order chi connectivity index (χ1) is 9.46. The summed E-state index contributed by atoms with van der Waals surface area (Å²) in [6, 6.07) is -0.672. The summed E-state index contributed by atoms with van der Waals surface area (Å²) in [4.78, 5) is 28.0. The van der Waals surface area contributed by atoms with Crippen LogP contribution in [-0.4, -0.2) is 77.0 Å². The van der Waals surface area contributed by atoms with E-state index in [1.165, 1.54) is 4.90 Å². The first kappa shape index (κ1) is 13.8. The summed E-state index contributed by atoms with van der Waals surface area (Å²) in [5.41, 5.74) is -0.869. The highest BCUT2D eigenvalue weighted by Gasteiger charge is 2.56. The van der Waals surface area contributed by atoms with E-state index < -0.39 is 5.54 Å². The Hall–Kier alpha value is -1.18. The van der Waals surface area contributed by atoms with Crippen LogP contribution in [0.15, 0.2) is 0 Å². The number of aliphatic hydroxyl groups excluding tert-OH is 1. The highest BCUT2D eigenvalue weighted by molar-refractivity contribution is 6.07. The van der Waals surface area contributed by atoms with Gasteiger partial charge < -0.3 is 19.5 Å². The van der Waals surface area contributed by atoms with Crippen molar-refractivity contribution in [1.82, 2.24) is 9.80 Å². The van der Waals surface area contributed by atoms with Crippen LogP contribution >= 0.6 is 0 Å². The van der Waals surface area contributed by atoms with Gasteiger partial charge in [0.2, 0.25) is 0 Å². The van der Waals surface area contributed by atoms with Gasteiger partial charge in [0.15, 0.2) is 0 Å². The summed E-state index contributed by atoms with van der Waals surface area (Å²) in [6.07, 6.45) is 0.258. The van der Waals surface area contributed by atoms with E-state index in [9.17, 15) is 9.59 Å². The van der Waals surface area contributed by atoms with Crippen molar-refractivity contribution >= 4 is 11.9 Å². The molecule has 20 heavy (non-hydrogen) atoms. The average molecular weight is 284 g/mol. The fourth-order valence-corrected chi connectivity index (χ4v) is 2.73. The number of hydrogen-bond acceptors (Lipinski definition) is 5. The van der Waals surface area contributed by atoms with Crippen molar-refractivity contribution < 1.29 is 24.2 Å². The molecule has 7 heteroatoms. The second kappa shape index (κ2) is 4.68. The van der Waals surface area contributed by atoms with E-state index in [-0.39, 0.29) is 36.8 Å². The molecule has 7 nitrogen and oxygen atoms in total. The molecule has 3 rings (SSSR count). The van der Waals surface area contributed by atoms with Crippen LogP contribution in [-0.2, 0) is 14.3 Å². The number of rotatable bonds is 6. The van der Waals surface area contributed by atoms with Crippen LogP contribution in [0.4, 0.5) is 4.79 Å². The zero-order valence-corrected chi connectivity index (χ0v) is 11.7. The van der Waals surface area contributed by atoms with E-state index in [1.807, 2.05) is 0 Å². The Balaban J connectivity index is 1.82. The summed E-state index contributed by atoms with van der Waals surface area (Å²) in [5, 5.41) is 9.16. The van der Waals surface area contributed by atoms with Gasteiger partial charge in [-0.25, -0.2) is 4.79 Å². The molecular formula is C13H20N2O5. The fraction of sp³-hybridized carbons (Fsp3) is 0.846. The van der Waals surface area contributed by atoms with Gasteiger partial charge in [0.05, 0.1) is 31.9 Å². The summed E-state index contributed by atoms with van der Waals surface area (Å²) in [5.74, 6) is -0.225. The smallest absolute Gasteiger partial charge is 0.328 e. The standard InChI is InChI=1S/C13H20N2O5/c1-13(2)11(17)15(9(3-4-16)10-7-20-10)12(18)14(13)5-8-6-19-8/h8-10,16H,3-7H2,1-2H3. The van der Waals surface area contributed by atoms with Crippen molar-refractivity contribution in [1.29, 1.82) is 0 Å². The molecule has 1 N–H and O–H groups in total. The Morgan fingerprint density at radius 2 is 2.00 bits per heavy atom. The van der Waals surface area contributed by atoms with Crippen molar-refractivity contribution in [3.05, 3.63) is 0 Å². The molecule has 0 aromatic heterocycles. The molecule has 3 saturated heterocycles. The van der Waals surface area contributed by atoms with Gasteiger partial charge in [-0.1, -0.05) is 0 Å². The van der Waals surface area contributed by atoms with E-state index in [0.717, 1.165) is 0 Å². The molecule has 0 spiro atoms. The van der Waals surface area contributed by atoms with Gasteiger partial charge in [-0.15, -0.1) is 0 Å². The van der Waals surface area contributed by atoms with Crippen molar-refractivity contribution in [2.45, 2.75) is 44.1 Å². The largest absolute Gasteiger partial charge is 0.396 e. The lowest BCUT2D eigenvalue weighted by atomic mass is 10.0. The van der Waals surface area contributed by atoms with Crippen LogP contribution in [0.25, 0.3) is 0 Å². The predicted molar refractivity (Wildman–Crippen MR) is 68.0 cm³/mol. The number of amides is 3. The number of carbonyl (C=O) groups excluding carboxylic acids is 2. The molecule has 0 radical (unpaired) electrons. The van der Waals surface area contributed by atoms with E-state index in [2.05, 4.69) is 0 Å². The summed E-state index contributed by atoms with van der Waals surface area (Å²) >= 11 is 0. The molecular weight excluding hydrogens is 264 g/mol. The molecule has 0 aromatic carbocycles. The van der Waals surface area contributed by atoms with Gasteiger partial charge in [-0.3, -0.25) is 9.69 Å². The Bertz CT molecular complexity index is 430. The highest BCUT2D eigenvalue weighted by Crippen LogP contribution is 2.34. The zero-order chi connectivity index (χ0) is 14.5. The van der Waals surface area contributed by atoms with Gasteiger partial charge in [0.25, 0.3) is 5.91 Å². The minimum Gasteiger partial charge on any atom is -0.396 e. The molecule has 3 aliphatic heterocycles. The molecule has 3 amide bonds. The molecule has 0 aromatic rings. The average Bonchev–Trinajstić information content (AvgIpc) is 3.27. The van der Waals surface area contributed by atoms with Crippen LogP contribution < -0.4 is 0 Å².